The van der Waals surface area contributed by atoms with E-state index in [4.69, 9.17) is 14.2 Å². The van der Waals surface area contributed by atoms with E-state index < -0.39 is 42.7 Å². The fourth-order valence-corrected chi connectivity index (χ4v) is 3.29. The van der Waals surface area contributed by atoms with E-state index in [-0.39, 0.29) is 11.3 Å². The summed E-state index contributed by atoms with van der Waals surface area (Å²) in [5.41, 5.74) is -0.335. The number of rotatable bonds is 8. The standard InChI is InChI=1S/C23H24F3N3O6/c1-33-17-4-2-3-15(11-17)22(32)27-13-21(31)35-14-20(30)28-18-12-16(23(24,25)26)5-6-19(18)29-7-9-34-10-8-29/h2-6,11-12H,7-10,13-14H2,1H3,(H,27,32)(H,28,30). The molecule has 0 saturated carbocycles. The predicted molar refractivity (Wildman–Crippen MR) is 119 cm³/mol. The molecule has 9 nitrogen and oxygen atoms in total. The van der Waals surface area contributed by atoms with Crippen LogP contribution >= 0.6 is 0 Å². The Bertz CT molecular complexity index is 1070. The van der Waals surface area contributed by atoms with Crippen LogP contribution in [0.4, 0.5) is 24.5 Å². The molecule has 1 heterocycles. The van der Waals surface area contributed by atoms with Crippen molar-refractivity contribution in [2.45, 2.75) is 6.18 Å². The van der Waals surface area contributed by atoms with Crippen molar-refractivity contribution in [2.75, 3.05) is 56.8 Å². The molecule has 1 aliphatic heterocycles. The number of esters is 1. The van der Waals surface area contributed by atoms with Crippen LogP contribution in [-0.4, -0.2) is 64.3 Å². The minimum absolute atomic E-state index is 0.0610. The van der Waals surface area contributed by atoms with E-state index in [0.29, 0.717) is 37.7 Å². The summed E-state index contributed by atoms with van der Waals surface area (Å²) in [5, 5.41) is 4.73. The fourth-order valence-electron chi connectivity index (χ4n) is 3.29. The van der Waals surface area contributed by atoms with Gasteiger partial charge in [-0.25, -0.2) is 0 Å². The van der Waals surface area contributed by atoms with Crippen molar-refractivity contribution in [3.63, 3.8) is 0 Å². The van der Waals surface area contributed by atoms with E-state index in [1.165, 1.54) is 25.3 Å². The number of morpholine rings is 1. The number of methoxy groups -OCH3 is 1. The van der Waals surface area contributed by atoms with Gasteiger partial charge in [0, 0.05) is 18.7 Å². The first-order chi connectivity index (χ1) is 16.7. The van der Waals surface area contributed by atoms with Gasteiger partial charge in [-0.15, -0.1) is 0 Å². The topological polar surface area (TPSA) is 106 Å². The van der Waals surface area contributed by atoms with E-state index in [2.05, 4.69) is 10.6 Å². The third-order valence-electron chi connectivity index (χ3n) is 5.04. The number of alkyl halides is 3. The number of hydrogen-bond donors (Lipinski definition) is 2. The number of halogens is 3. The Kier molecular flexibility index (Phi) is 8.53. The van der Waals surface area contributed by atoms with Crippen LogP contribution in [0.25, 0.3) is 0 Å². The smallest absolute Gasteiger partial charge is 0.416 e. The fraction of sp³-hybridized carbons (Fsp3) is 0.348. The molecule has 1 aliphatic rings. The highest BCUT2D eigenvalue weighted by Crippen LogP contribution is 2.35. The van der Waals surface area contributed by atoms with E-state index in [1.807, 2.05) is 0 Å². The summed E-state index contributed by atoms with van der Waals surface area (Å²) in [6.07, 6.45) is -4.60. The molecule has 35 heavy (non-hydrogen) atoms. The highest BCUT2D eigenvalue weighted by Gasteiger charge is 2.32. The van der Waals surface area contributed by atoms with Gasteiger partial charge in [0.25, 0.3) is 11.8 Å². The quantitative estimate of drug-likeness (QED) is 0.542. The van der Waals surface area contributed by atoms with Crippen LogP contribution in [0.5, 0.6) is 5.75 Å². The second-order valence-corrected chi connectivity index (χ2v) is 7.45. The summed E-state index contributed by atoms with van der Waals surface area (Å²) in [5.74, 6) is -1.81. The van der Waals surface area contributed by atoms with Gasteiger partial charge in [-0.05, 0) is 36.4 Å². The molecule has 0 unspecified atom stereocenters. The predicted octanol–water partition coefficient (Wildman–Crippen LogP) is 2.46. The lowest BCUT2D eigenvalue weighted by Gasteiger charge is -2.31. The third-order valence-corrected chi connectivity index (χ3v) is 5.04. The van der Waals surface area contributed by atoms with Crippen molar-refractivity contribution in [2.24, 2.45) is 0 Å². The molecule has 0 aromatic heterocycles. The van der Waals surface area contributed by atoms with Crippen LogP contribution in [-0.2, 0) is 25.2 Å². The van der Waals surface area contributed by atoms with E-state index >= 15 is 0 Å². The summed E-state index contributed by atoms with van der Waals surface area (Å²) in [4.78, 5) is 38.2. The zero-order valence-electron chi connectivity index (χ0n) is 18.8. The molecule has 188 valence electrons. The average Bonchev–Trinajstić information content (AvgIpc) is 2.86. The molecule has 12 heteroatoms. The zero-order valence-corrected chi connectivity index (χ0v) is 18.8. The first-order valence-corrected chi connectivity index (χ1v) is 10.6. The Hall–Kier alpha value is -3.80. The van der Waals surface area contributed by atoms with Crippen LogP contribution < -0.4 is 20.3 Å². The second kappa shape index (κ2) is 11.6. The molecule has 3 rings (SSSR count). The Morgan fingerprint density at radius 3 is 2.51 bits per heavy atom. The van der Waals surface area contributed by atoms with Gasteiger partial charge in [0.05, 0.1) is 37.3 Å². The van der Waals surface area contributed by atoms with E-state index in [1.54, 1.807) is 17.0 Å². The highest BCUT2D eigenvalue weighted by atomic mass is 19.4. The normalized spacial score (nSPS) is 13.7. The highest BCUT2D eigenvalue weighted by molar-refractivity contribution is 5.98. The number of ether oxygens (including phenoxy) is 3. The Balaban J connectivity index is 1.57. The molecule has 0 bridgehead atoms. The van der Waals surface area contributed by atoms with Gasteiger partial charge in [-0.2, -0.15) is 13.2 Å². The molecule has 0 spiro atoms. The van der Waals surface area contributed by atoms with Gasteiger partial charge in [0.1, 0.15) is 12.3 Å². The van der Waals surface area contributed by atoms with Crippen LogP contribution in [0.15, 0.2) is 42.5 Å². The number of anilines is 2. The summed E-state index contributed by atoms with van der Waals surface area (Å²) in [7, 11) is 1.45. The molecular weight excluding hydrogens is 471 g/mol. The molecule has 1 saturated heterocycles. The van der Waals surface area contributed by atoms with Crippen molar-refractivity contribution < 1.29 is 41.8 Å². The average molecular weight is 495 g/mol. The van der Waals surface area contributed by atoms with Crippen molar-refractivity contribution in [3.8, 4) is 5.75 Å². The Morgan fingerprint density at radius 2 is 1.83 bits per heavy atom. The van der Waals surface area contributed by atoms with Crippen LogP contribution in [0, 0.1) is 0 Å². The van der Waals surface area contributed by atoms with Crippen molar-refractivity contribution in [1.29, 1.82) is 0 Å². The first kappa shape index (κ1) is 25.8. The maximum absolute atomic E-state index is 13.2. The monoisotopic (exact) mass is 495 g/mol. The molecule has 1 fully saturated rings. The van der Waals surface area contributed by atoms with Crippen LogP contribution in [0.1, 0.15) is 15.9 Å². The van der Waals surface area contributed by atoms with Crippen molar-refractivity contribution in [1.82, 2.24) is 5.32 Å². The minimum Gasteiger partial charge on any atom is -0.497 e. The maximum Gasteiger partial charge on any atom is 0.416 e. The number of benzene rings is 2. The molecule has 0 radical (unpaired) electrons. The maximum atomic E-state index is 13.2. The lowest BCUT2D eigenvalue weighted by atomic mass is 10.1. The molecule has 0 aliphatic carbocycles. The molecular formula is C23H24F3N3O6. The van der Waals surface area contributed by atoms with Crippen LogP contribution in [0.3, 0.4) is 0 Å². The third kappa shape index (κ3) is 7.34. The SMILES string of the molecule is COc1cccc(C(=O)NCC(=O)OCC(=O)Nc2cc(C(F)(F)F)ccc2N2CCOCC2)c1. The van der Waals surface area contributed by atoms with E-state index in [0.717, 1.165) is 12.1 Å². The molecule has 2 amide bonds. The Labute approximate surface area is 199 Å². The molecule has 2 aromatic rings. The summed E-state index contributed by atoms with van der Waals surface area (Å²) in [6.45, 7) is 0.423. The van der Waals surface area contributed by atoms with Gasteiger partial charge in [-0.1, -0.05) is 6.07 Å². The number of hydrogen-bond acceptors (Lipinski definition) is 7. The largest absolute Gasteiger partial charge is 0.497 e. The van der Waals surface area contributed by atoms with Gasteiger partial charge in [-0.3, -0.25) is 14.4 Å². The van der Waals surface area contributed by atoms with E-state index in [9.17, 15) is 27.6 Å². The second-order valence-electron chi connectivity index (χ2n) is 7.45. The summed E-state index contributed by atoms with van der Waals surface area (Å²) in [6, 6.07) is 9.31. The van der Waals surface area contributed by atoms with Crippen molar-refractivity contribution >= 4 is 29.2 Å². The summed E-state index contributed by atoms with van der Waals surface area (Å²) < 4.78 is 54.7. The Morgan fingerprint density at radius 1 is 1.09 bits per heavy atom. The van der Waals surface area contributed by atoms with Crippen LogP contribution in [0.2, 0.25) is 0 Å². The number of nitrogens with one attached hydrogen (secondary N) is 2. The van der Waals surface area contributed by atoms with Gasteiger partial charge in [0.15, 0.2) is 6.61 Å². The molecule has 0 atom stereocenters. The van der Waals surface area contributed by atoms with Gasteiger partial charge in [0.2, 0.25) is 0 Å². The number of carbonyl (C=O) groups excluding carboxylic acids is 3. The number of amides is 2. The van der Waals surface area contributed by atoms with Gasteiger partial charge < -0.3 is 29.7 Å². The van der Waals surface area contributed by atoms with Gasteiger partial charge >= 0.3 is 12.1 Å². The zero-order chi connectivity index (χ0) is 25.4. The number of nitrogens with zero attached hydrogens (tertiary/aromatic N) is 1. The lowest BCUT2D eigenvalue weighted by Crippen LogP contribution is -2.37. The number of carbonyl (C=O) groups is 3. The lowest BCUT2D eigenvalue weighted by molar-refractivity contribution is -0.146. The molecule has 2 aromatic carbocycles. The molecule has 2 N–H and O–H groups in total. The first-order valence-electron chi connectivity index (χ1n) is 10.6. The minimum atomic E-state index is -4.60. The summed E-state index contributed by atoms with van der Waals surface area (Å²) >= 11 is 0. The van der Waals surface area contributed by atoms with Crippen molar-refractivity contribution in [3.05, 3.63) is 53.6 Å².